The topological polar surface area (TPSA) is 52.0 Å². The van der Waals surface area contributed by atoms with Crippen LogP contribution in [0.15, 0.2) is 88.7 Å². The Morgan fingerprint density at radius 1 is 0.565 bits per heavy atom. The number of nitrogen functional groups attached to an aromatic ring is 2. The molecule has 3 rings (SSSR count). The lowest BCUT2D eigenvalue weighted by Crippen LogP contribution is -1.90. The molecule has 0 heterocycles. The van der Waals surface area contributed by atoms with Crippen LogP contribution < -0.4 is 11.5 Å². The summed E-state index contributed by atoms with van der Waals surface area (Å²) in [6.45, 7) is 0. The maximum absolute atomic E-state index is 5.78. The second-order valence-electron chi connectivity index (χ2n) is 5.12. The highest BCUT2D eigenvalue weighted by Crippen LogP contribution is 2.47. The van der Waals surface area contributed by atoms with Gasteiger partial charge in [0.15, 0.2) is 0 Å². The Bertz CT molecular complexity index is 693. The highest BCUT2D eigenvalue weighted by Gasteiger charge is 2.14. The fraction of sp³-hybridized carbons (Fsp3) is 0.0526. The molecule has 0 aliphatic heterocycles. The maximum Gasteiger partial charge on any atom is 0.0845 e. The molecule has 4 N–H and O–H groups in total. The molecule has 0 amide bonds. The third-order valence-corrected chi connectivity index (χ3v) is 5.96. The van der Waals surface area contributed by atoms with Crippen LogP contribution in [0.25, 0.3) is 0 Å². The van der Waals surface area contributed by atoms with E-state index in [0.717, 1.165) is 11.4 Å². The molecule has 0 aliphatic rings. The number of anilines is 2. The van der Waals surface area contributed by atoms with Crippen LogP contribution in [0.5, 0.6) is 0 Å². The van der Waals surface area contributed by atoms with Crippen LogP contribution in [0.1, 0.15) is 10.1 Å². The van der Waals surface area contributed by atoms with Gasteiger partial charge in [0.2, 0.25) is 0 Å². The van der Waals surface area contributed by atoms with Gasteiger partial charge < -0.3 is 11.5 Å². The van der Waals surface area contributed by atoms with Crippen molar-refractivity contribution >= 4 is 34.9 Å². The molecule has 2 nitrogen and oxygen atoms in total. The summed E-state index contributed by atoms with van der Waals surface area (Å²) in [5.74, 6) is 0. The lowest BCUT2D eigenvalue weighted by atomic mass is 10.2. The van der Waals surface area contributed by atoms with Crippen molar-refractivity contribution < 1.29 is 0 Å². The number of rotatable bonds is 5. The molecule has 116 valence electrons. The van der Waals surface area contributed by atoms with Crippen molar-refractivity contribution in [1.29, 1.82) is 0 Å². The van der Waals surface area contributed by atoms with Crippen molar-refractivity contribution in [2.45, 2.75) is 14.4 Å². The largest absolute Gasteiger partial charge is 0.399 e. The molecule has 3 aromatic rings. The van der Waals surface area contributed by atoms with Gasteiger partial charge in [0.1, 0.15) is 0 Å². The first-order valence-electron chi connectivity index (χ1n) is 7.30. The first-order chi connectivity index (χ1) is 11.2. The van der Waals surface area contributed by atoms with E-state index in [-0.39, 0.29) is 4.58 Å². The Hall–Kier alpha value is -2.04. The van der Waals surface area contributed by atoms with E-state index in [4.69, 9.17) is 11.5 Å². The third-order valence-electron chi connectivity index (χ3n) is 3.32. The van der Waals surface area contributed by atoms with Crippen molar-refractivity contribution in [1.82, 2.24) is 0 Å². The van der Waals surface area contributed by atoms with Gasteiger partial charge in [0, 0.05) is 21.2 Å². The summed E-state index contributed by atoms with van der Waals surface area (Å²) in [4.78, 5) is 2.41. The Morgan fingerprint density at radius 3 is 1.43 bits per heavy atom. The molecule has 0 aromatic heterocycles. The molecule has 0 atom stereocenters. The standard InChI is InChI=1S/C19H18N2S2/c20-15-6-10-17(11-7-15)22-19(14-4-2-1-3-5-14)23-18-12-8-16(21)9-13-18/h1-13,19H,20-21H2. The minimum absolute atomic E-state index is 0.267. The molecular formula is C19H18N2S2. The molecular weight excluding hydrogens is 320 g/mol. The van der Waals surface area contributed by atoms with Crippen LogP contribution >= 0.6 is 23.5 Å². The van der Waals surface area contributed by atoms with Gasteiger partial charge in [-0.2, -0.15) is 0 Å². The summed E-state index contributed by atoms with van der Waals surface area (Å²) in [5, 5.41) is 0. The van der Waals surface area contributed by atoms with Crippen LogP contribution in [0.4, 0.5) is 11.4 Å². The molecule has 4 heteroatoms. The molecule has 0 radical (unpaired) electrons. The Labute approximate surface area is 145 Å². The monoisotopic (exact) mass is 338 g/mol. The minimum Gasteiger partial charge on any atom is -0.399 e. The Morgan fingerprint density at radius 2 is 1.00 bits per heavy atom. The smallest absolute Gasteiger partial charge is 0.0845 e. The summed E-state index contributed by atoms with van der Waals surface area (Å²) in [5.41, 5.74) is 14.4. The van der Waals surface area contributed by atoms with Crippen LogP contribution in [0.3, 0.4) is 0 Å². The van der Waals surface area contributed by atoms with Gasteiger partial charge in [-0.3, -0.25) is 0 Å². The van der Waals surface area contributed by atoms with E-state index in [0.29, 0.717) is 0 Å². The van der Waals surface area contributed by atoms with Gasteiger partial charge in [0.25, 0.3) is 0 Å². The van der Waals surface area contributed by atoms with Crippen molar-refractivity contribution in [3.8, 4) is 0 Å². The molecule has 0 unspecified atom stereocenters. The van der Waals surface area contributed by atoms with Crippen LogP contribution in [0, 0.1) is 0 Å². The molecule has 23 heavy (non-hydrogen) atoms. The number of benzene rings is 3. The second-order valence-corrected chi connectivity index (χ2v) is 7.77. The molecule has 0 spiro atoms. The molecule has 3 aromatic carbocycles. The Balaban J connectivity index is 1.84. The quantitative estimate of drug-likeness (QED) is 0.370. The van der Waals surface area contributed by atoms with Crippen molar-refractivity contribution in [2.24, 2.45) is 0 Å². The Kier molecular flexibility index (Phi) is 5.16. The van der Waals surface area contributed by atoms with E-state index in [1.165, 1.54) is 15.4 Å². The molecule has 0 aliphatic carbocycles. The fourth-order valence-electron chi connectivity index (χ4n) is 2.11. The van der Waals surface area contributed by atoms with Gasteiger partial charge >= 0.3 is 0 Å². The predicted molar refractivity (Wildman–Crippen MR) is 103 cm³/mol. The van der Waals surface area contributed by atoms with Crippen LogP contribution in [0.2, 0.25) is 0 Å². The fourth-order valence-corrected chi connectivity index (χ4v) is 4.64. The average molecular weight is 339 g/mol. The lowest BCUT2D eigenvalue weighted by molar-refractivity contribution is 1.33. The summed E-state index contributed by atoms with van der Waals surface area (Å²) in [6, 6.07) is 26.6. The SMILES string of the molecule is Nc1ccc(SC(Sc2ccc(N)cc2)c2ccccc2)cc1. The summed E-state index contributed by atoms with van der Waals surface area (Å²) in [6.07, 6.45) is 0. The number of hydrogen-bond donors (Lipinski definition) is 2. The highest BCUT2D eigenvalue weighted by molar-refractivity contribution is 8.16. The molecule has 0 saturated carbocycles. The molecule has 0 saturated heterocycles. The zero-order chi connectivity index (χ0) is 16.1. The van der Waals surface area contributed by atoms with Crippen molar-refractivity contribution in [3.63, 3.8) is 0 Å². The third kappa shape index (κ3) is 4.47. The van der Waals surface area contributed by atoms with Crippen LogP contribution in [-0.4, -0.2) is 0 Å². The number of nitrogens with two attached hydrogens (primary N) is 2. The minimum atomic E-state index is 0.267. The summed E-state index contributed by atoms with van der Waals surface area (Å²) >= 11 is 3.65. The van der Waals surface area contributed by atoms with E-state index < -0.39 is 0 Å². The summed E-state index contributed by atoms with van der Waals surface area (Å²) < 4.78 is 0.267. The van der Waals surface area contributed by atoms with Gasteiger partial charge in [-0.1, -0.05) is 30.3 Å². The van der Waals surface area contributed by atoms with Gasteiger partial charge in [-0.25, -0.2) is 0 Å². The first kappa shape index (κ1) is 15.8. The van der Waals surface area contributed by atoms with E-state index in [9.17, 15) is 0 Å². The molecule has 0 fully saturated rings. The predicted octanol–water partition coefficient (Wildman–Crippen LogP) is 5.43. The van der Waals surface area contributed by atoms with E-state index >= 15 is 0 Å². The number of hydrogen-bond acceptors (Lipinski definition) is 4. The second kappa shape index (κ2) is 7.49. The van der Waals surface area contributed by atoms with E-state index in [1.807, 2.05) is 53.9 Å². The van der Waals surface area contributed by atoms with E-state index in [1.54, 1.807) is 0 Å². The summed E-state index contributed by atoms with van der Waals surface area (Å²) in [7, 11) is 0. The zero-order valence-electron chi connectivity index (χ0n) is 12.6. The van der Waals surface area contributed by atoms with Gasteiger partial charge in [0.05, 0.1) is 4.58 Å². The normalized spacial score (nSPS) is 10.8. The van der Waals surface area contributed by atoms with Gasteiger partial charge in [-0.05, 0) is 54.1 Å². The lowest BCUT2D eigenvalue weighted by Gasteiger charge is -2.17. The van der Waals surface area contributed by atoms with Crippen LogP contribution in [-0.2, 0) is 0 Å². The maximum atomic E-state index is 5.78. The molecule has 0 bridgehead atoms. The first-order valence-corrected chi connectivity index (χ1v) is 9.06. The average Bonchev–Trinajstić information content (AvgIpc) is 2.59. The number of thioether (sulfide) groups is 2. The zero-order valence-corrected chi connectivity index (χ0v) is 14.2. The van der Waals surface area contributed by atoms with E-state index in [2.05, 4.69) is 48.5 Å². The highest BCUT2D eigenvalue weighted by atomic mass is 32.2. The van der Waals surface area contributed by atoms with Gasteiger partial charge in [-0.15, -0.1) is 23.5 Å². The van der Waals surface area contributed by atoms with Crippen molar-refractivity contribution in [2.75, 3.05) is 11.5 Å². The van der Waals surface area contributed by atoms with Crippen molar-refractivity contribution in [3.05, 3.63) is 84.4 Å².